The van der Waals surface area contributed by atoms with Crippen molar-refractivity contribution in [1.82, 2.24) is 9.47 Å². The number of amides is 4. The number of hydrogen-bond acceptors (Lipinski definition) is 8. The summed E-state index contributed by atoms with van der Waals surface area (Å²) in [6, 6.07) is 19.4. The molecule has 0 atom stereocenters. The van der Waals surface area contributed by atoms with Gasteiger partial charge in [0.2, 0.25) is 18.6 Å². The molecule has 218 valence electrons. The Balaban J connectivity index is 1.20. The van der Waals surface area contributed by atoms with Gasteiger partial charge in [-0.2, -0.15) is 0 Å². The van der Waals surface area contributed by atoms with Crippen LogP contribution in [0, 0.1) is 6.92 Å². The van der Waals surface area contributed by atoms with Gasteiger partial charge in [0.1, 0.15) is 18.8 Å². The highest BCUT2D eigenvalue weighted by molar-refractivity contribution is 8.18. The largest absolute Gasteiger partial charge is 0.497 e. The van der Waals surface area contributed by atoms with Gasteiger partial charge < -0.3 is 29.4 Å². The summed E-state index contributed by atoms with van der Waals surface area (Å²) in [5, 5.41) is 5.86. The van der Waals surface area contributed by atoms with E-state index in [2.05, 4.69) is 10.6 Å². The maximum absolute atomic E-state index is 13.2. The molecule has 0 unspecified atom stereocenters. The van der Waals surface area contributed by atoms with Crippen LogP contribution < -0.4 is 24.8 Å². The third-order valence-electron chi connectivity index (χ3n) is 7.06. The summed E-state index contributed by atoms with van der Waals surface area (Å²) in [6.45, 7) is 1.59. The van der Waals surface area contributed by atoms with E-state index in [0.29, 0.717) is 34.2 Å². The van der Waals surface area contributed by atoms with Gasteiger partial charge in [-0.15, -0.1) is 0 Å². The number of para-hydroxylation sites is 1. The minimum Gasteiger partial charge on any atom is -0.497 e. The lowest BCUT2D eigenvalue weighted by atomic mass is 10.1. The first-order valence-corrected chi connectivity index (χ1v) is 14.1. The maximum Gasteiger partial charge on any atom is 0.294 e. The maximum atomic E-state index is 13.2. The van der Waals surface area contributed by atoms with Crippen molar-refractivity contribution < 1.29 is 33.4 Å². The average Bonchev–Trinajstić information content (AvgIpc) is 3.65. The number of benzene rings is 3. The van der Waals surface area contributed by atoms with Crippen molar-refractivity contribution in [2.75, 3.05) is 31.1 Å². The van der Waals surface area contributed by atoms with E-state index in [1.165, 1.54) is 0 Å². The van der Waals surface area contributed by atoms with Gasteiger partial charge in [0.25, 0.3) is 11.1 Å². The fourth-order valence-corrected chi connectivity index (χ4v) is 5.77. The SMILES string of the molecule is COc1ccc(NC(=O)CN2C(=O)S/C(=C\c3c(C)n(CC(=O)Nc4ccc5c(c4)OCO5)c4ccccc34)C2=O)cc1. The first kappa shape index (κ1) is 27.9. The Hall–Kier alpha value is -5.23. The van der Waals surface area contributed by atoms with Crippen molar-refractivity contribution in [1.29, 1.82) is 0 Å². The lowest BCUT2D eigenvalue weighted by Crippen LogP contribution is -2.36. The van der Waals surface area contributed by atoms with Crippen LogP contribution in [0.15, 0.2) is 71.6 Å². The van der Waals surface area contributed by atoms with Gasteiger partial charge in [0.05, 0.1) is 12.0 Å². The second-order valence-corrected chi connectivity index (χ2v) is 10.8. The molecule has 3 heterocycles. The second kappa shape index (κ2) is 11.6. The Bertz CT molecular complexity index is 1810. The Labute approximate surface area is 250 Å². The van der Waals surface area contributed by atoms with E-state index in [9.17, 15) is 19.2 Å². The predicted octanol–water partition coefficient (Wildman–Crippen LogP) is 5.00. The number of aromatic nitrogens is 1. The molecule has 0 saturated carbocycles. The minimum absolute atomic E-state index is 0.0155. The lowest BCUT2D eigenvalue weighted by Gasteiger charge is -2.12. The number of hydrogen-bond donors (Lipinski definition) is 2. The molecule has 1 aromatic heterocycles. The monoisotopic (exact) mass is 598 g/mol. The van der Waals surface area contributed by atoms with Crippen molar-refractivity contribution in [3.05, 3.63) is 82.9 Å². The summed E-state index contributed by atoms with van der Waals surface area (Å²) in [4.78, 5) is 52.8. The predicted molar refractivity (Wildman–Crippen MR) is 162 cm³/mol. The molecular formula is C31H26N4O7S. The first-order valence-electron chi connectivity index (χ1n) is 13.3. The van der Waals surface area contributed by atoms with Gasteiger partial charge >= 0.3 is 0 Å². The van der Waals surface area contributed by atoms with Crippen molar-refractivity contribution in [2.45, 2.75) is 13.5 Å². The normalized spacial score (nSPS) is 14.9. The van der Waals surface area contributed by atoms with Gasteiger partial charge in [-0.05, 0) is 67.2 Å². The number of anilines is 2. The van der Waals surface area contributed by atoms with Crippen LogP contribution in [0.3, 0.4) is 0 Å². The molecule has 0 radical (unpaired) electrons. The number of thioether (sulfide) groups is 1. The van der Waals surface area contributed by atoms with Crippen molar-refractivity contribution >= 4 is 63.1 Å². The number of fused-ring (bicyclic) bond motifs is 2. The highest BCUT2D eigenvalue weighted by atomic mass is 32.2. The molecule has 11 nitrogen and oxygen atoms in total. The molecule has 4 amide bonds. The van der Waals surface area contributed by atoms with E-state index in [4.69, 9.17) is 14.2 Å². The van der Waals surface area contributed by atoms with Crippen LogP contribution in [0.1, 0.15) is 11.3 Å². The van der Waals surface area contributed by atoms with Crippen LogP contribution in [0.5, 0.6) is 17.2 Å². The summed E-state index contributed by atoms with van der Waals surface area (Å²) < 4.78 is 17.7. The first-order chi connectivity index (χ1) is 20.8. The van der Waals surface area contributed by atoms with Gasteiger partial charge in [-0.3, -0.25) is 24.1 Å². The van der Waals surface area contributed by atoms with Crippen LogP contribution in [0.25, 0.3) is 17.0 Å². The molecule has 0 bridgehead atoms. The molecule has 43 heavy (non-hydrogen) atoms. The molecule has 1 saturated heterocycles. The number of ether oxygens (including phenoxy) is 3. The molecule has 4 aromatic rings. The minimum atomic E-state index is -0.559. The van der Waals surface area contributed by atoms with Crippen molar-refractivity contribution in [2.24, 2.45) is 0 Å². The molecule has 2 aliphatic rings. The van der Waals surface area contributed by atoms with Crippen LogP contribution >= 0.6 is 11.8 Å². The fourth-order valence-electron chi connectivity index (χ4n) is 4.95. The summed E-state index contributed by atoms with van der Waals surface area (Å²) in [5.41, 5.74) is 3.34. The zero-order valence-corrected chi connectivity index (χ0v) is 24.0. The van der Waals surface area contributed by atoms with E-state index < -0.39 is 23.6 Å². The summed E-state index contributed by atoms with van der Waals surface area (Å²) in [5.74, 6) is 0.507. The van der Waals surface area contributed by atoms with Crippen molar-refractivity contribution in [3.8, 4) is 17.2 Å². The quantitative estimate of drug-likeness (QED) is 0.271. The van der Waals surface area contributed by atoms with Gasteiger partial charge in [0, 0.05) is 39.6 Å². The zero-order valence-electron chi connectivity index (χ0n) is 23.2. The Morgan fingerprint density at radius 1 is 0.930 bits per heavy atom. The Morgan fingerprint density at radius 2 is 1.63 bits per heavy atom. The number of rotatable bonds is 8. The van der Waals surface area contributed by atoms with Crippen LogP contribution in [0.4, 0.5) is 16.2 Å². The van der Waals surface area contributed by atoms with E-state index in [1.54, 1.807) is 55.7 Å². The number of nitrogens with zero attached hydrogens (tertiary/aromatic N) is 2. The van der Waals surface area contributed by atoms with Crippen LogP contribution in [-0.4, -0.2) is 52.9 Å². The third-order valence-corrected chi connectivity index (χ3v) is 7.97. The molecule has 6 rings (SSSR count). The molecule has 3 aromatic carbocycles. The van der Waals surface area contributed by atoms with E-state index in [0.717, 1.165) is 33.3 Å². The second-order valence-electron chi connectivity index (χ2n) is 9.76. The lowest BCUT2D eigenvalue weighted by molar-refractivity contribution is -0.127. The molecule has 2 N–H and O–H groups in total. The van der Waals surface area contributed by atoms with Crippen LogP contribution in [0.2, 0.25) is 0 Å². The number of methoxy groups -OCH3 is 1. The highest BCUT2D eigenvalue weighted by Gasteiger charge is 2.36. The molecule has 1 fully saturated rings. The zero-order chi connectivity index (χ0) is 30.1. The third kappa shape index (κ3) is 5.64. The molecule has 2 aliphatic heterocycles. The number of imide groups is 1. The summed E-state index contributed by atoms with van der Waals surface area (Å²) in [6.07, 6.45) is 1.65. The molecule has 0 spiro atoms. The number of carbonyl (C=O) groups is 4. The van der Waals surface area contributed by atoms with Crippen LogP contribution in [-0.2, 0) is 20.9 Å². The molecule has 12 heteroatoms. The Morgan fingerprint density at radius 3 is 2.42 bits per heavy atom. The molecule has 0 aliphatic carbocycles. The standard InChI is InChI=1S/C31H26N4O7S/c1-18-23(14-27-30(38)35(31(39)43-27)16-29(37)32-19-7-10-21(40-2)11-8-19)22-5-3-4-6-24(22)34(18)15-28(36)33-20-9-12-25-26(13-20)42-17-41-25/h3-14H,15-17H2,1-2H3,(H,32,37)(H,33,36)/b27-14-. The highest BCUT2D eigenvalue weighted by Crippen LogP contribution is 2.36. The van der Waals surface area contributed by atoms with E-state index in [-0.39, 0.29) is 24.2 Å². The summed E-state index contributed by atoms with van der Waals surface area (Å²) in [7, 11) is 1.54. The summed E-state index contributed by atoms with van der Waals surface area (Å²) >= 11 is 0.773. The van der Waals surface area contributed by atoms with E-state index in [1.807, 2.05) is 35.8 Å². The van der Waals surface area contributed by atoms with Gasteiger partial charge in [0.15, 0.2) is 11.5 Å². The molecular weight excluding hydrogens is 572 g/mol. The van der Waals surface area contributed by atoms with Gasteiger partial charge in [-0.25, -0.2) is 0 Å². The number of nitrogens with one attached hydrogen (secondary N) is 2. The smallest absolute Gasteiger partial charge is 0.294 e. The average molecular weight is 599 g/mol. The topological polar surface area (TPSA) is 128 Å². The Kier molecular flexibility index (Phi) is 7.51. The fraction of sp³-hybridized carbons (Fsp3) is 0.161. The van der Waals surface area contributed by atoms with E-state index >= 15 is 0 Å². The van der Waals surface area contributed by atoms with Crippen molar-refractivity contribution in [3.63, 3.8) is 0 Å². The van der Waals surface area contributed by atoms with Gasteiger partial charge in [-0.1, -0.05) is 18.2 Å². The number of carbonyl (C=O) groups excluding carboxylic acids is 4.